The molecule has 136 valence electrons. The molecule has 0 aromatic heterocycles. The van der Waals surface area contributed by atoms with Crippen molar-refractivity contribution in [1.29, 1.82) is 0 Å². The zero-order valence-electron chi connectivity index (χ0n) is 15.2. The van der Waals surface area contributed by atoms with Gasteiger partial charge in [0.2, 0.25) is 10.0 Å². The third-order valence-corrected chi connectivity index (χ3v) is 6.02. The maximum atomic E-state index is 12.2. The molecule has 2 rings (SSSR count). The van der Waals surface area contributed by atoms with Gasteiger partial charge in [-0.1, -0.05) is 31.5 Å². The summed E-state index contributed by atoms with van der Waals surface area (Å²) in [4.78, 5) is 5.18. The molecule has 1 aromatic carbocycles. The number of rotatable bonds is 8. The lowest BCUT2D eigenvalue weighted by atomic mass is 10.1. The van der Waals surface area contributed by atoms with Gasteiger partial charge in [-0.25, -0.2) is 13.1 Å². The molecule has 1 aliphatic heterocycles. The Kier molecular flexibility index (Phi) is 7.22. The maximum Gasteiger partial charge on any atom is 0.240 e. The van der Waals surface area contributed by atoms with Gasteiger partial charge < -0.3 is 4.90 Å². The SMILES string of the molecule is Cc1ccc(S(=O)(=O)NCCN2CCN(CCC(C)C)CC2)cc1. The summed E-state index contributed by atoms with van der Waals surface area (Å²) >= 11 is 0. The van der Waals surface area contributed by atoms with E-state index in [1.54, 1.807) is 12.1 Å². The van der Waals surface area contributed by atoms with Crippen LogP contribution in [0, 0.1) is 12.8 Å². The minimum atomic E-state index is -3.39. The highest BCUT2D eigenvalue weighted by molar-refractivity contribution is 7.89. The number of aryl methyl sites for hydroxylation is 1. The molecule has 1 heterocycles. The summed E-state index contributed by atoms with van der Waals surface area (Å²) in [5.41, 5.74) is 1.06. The highest BCUT2D eigenvalue weighted by atomic mass is 32.2. The predicted molar refractivity (Wildman–Crippen MR) is 98.7 cm³/mol. The van der Waals surface area contributed by atoms with Gasteiger partial charge in [-0.15, -0.1) is 0 Å². The largest absolute Gasteiger partial charge is 0.301 e. The molecule has 0 saturated carbocycles. The molecule has 1 N–H and O–H groups in total. The summed E-state index contributed by atoms with van der Waals surface area (Å²) in [6.45, 7) is 13.1. The van der Waals surface area contributed by atoms with E-state index in [1.807, 2.05) is 19.1 Å². The topological polar surface area (TPSA) is 52.7 Å². The first kappa shape index (κ1) is 19.4. The van der Waals surface area contributed by atoms with Gasteiger partial charge in [-0.05, 0) is 37.9 Å². The fourth-order valence-electron chi connectivity index (χ4n) is 2.82. The lowest BCUT2D eigenvalue weighted by Gasteiger charge is -2.35. The molecular formula is C18H31N3O2S. The van der Waals surface area contributed by atoms with Crippen LogP contribution in [0.5, 0.6) is 0 Å². The molecule has 24 heavy (non-hydrogen) atoms. The molecular weight excluding hydrogens is 322 g/mol. The highest BCUT2D eigenvalue weighted by Gasteiger charge is 2.18. The van der Waals surface area contributed by atoms with Crippen molar-refractivity contribution in [3.63, 3.8) is 0 Å². The van der Waals surface area contributed by atoms with Crippen molar-refractivity contribution in [2.45, 2.75) is 32.1 Å². The molecule has 1 aliphatic rings. The Morgan fingerprint density at radius 2 is 1.54 bits per heavy atom. The minimum absolute atomic E-state index is 0.339. The summed E-state index contributed by atoms with van der Waals surface area (Å²) in [5, 5.41) is 0. The van der Waals surface area contributed by atoms with Crippen LogP contribution in [0.3, 0.4) is 0 Å². The molecule has 0 amide bonds. The maximum absolute atomic E-state index is 12.2. The molecule has 1 aromatic rings. The van der Waals surface area contributed by atoms with Crippen LogP contribution in [0.15, 0.2) is 29.2 Å². The Bertz CT molecular complexity index is 591. The van der Waals surface area contributed by atoms with Gasteiger partial charge >= 0.3 is 0 Å². The van der Waals surface area contributed by atoms with Crippen LogP contribution >= 0.6 is 0 Å². The number of hydrogen-bond acceptors (Lipinski definition) is 4. The summed E-state index contributed by atoms with van der Waals surface area (Å²) in [5.74, 6) is 0.749. The highest BCUT2D eigenvalue weighted by Crippen LogP contribution is 2.10. The fourth-order valence-corrected chi connectivity index (χ4v) is 3.84. The van der Waals surface area contributed by atoms with E-state index in [4.69, 9.17) is 0 Å². The fraction of sp³-hybridized carbons (Fsp3) is 0.667. The molecule has 0 aliphatic carbocycles. The van der Waals surface area contributed by atoms with Gasteiger partial charge in [0, 0.05) is 39.3 Å². The third-order valence-electron chi connectivity index (χ3n) is 4.54. The van der Waals surface area contributed by atoms with Crippen LogP contribution in [0.1, 0.15) is 25.8 Å². The van der Waals surface area contributed by atoms with E-state index in [9.17, 15) is 8.42 Å². The first-order valence-corrected chi connectivity index (χ1v) is 10.4. The Morgan fingerprint density at radius 1 is 1.00 bits per heavy atom. The van der Waals surface area contributed by atoms with E-state index in [-0.39, 0.29) is 0 Å². The van der Waals surface area contributed by atoms with Crippen LogP contribution < -0.4 is 4.72 Å². The van der Waals surface area contributed by atoms with Crippen molar-refractivity contribution in [2.75, 3.05) is 45.8 Å². The molecule has 0 atom stereocenters. The van der Waals surface area contributed by atoms with Crippen LogP contribution in [-0.4, -0.2) is 64.0 Å². The second-order valence-electron chi connectivity index (χ2n) is 7.08. The van der Waals surface area contributed by atoms with E-state index in [0.717, 1.165) is 44.2 Å². The standard InChI is InChI=1S/C18H31N3O2S/c1-16(2)8-10-20-12-14-21(15-13-20)11-9-19-24(22,23)18-6-4-17(3)5-7-18/h4-7,16,19H,8-15H2,1-3H3. The Labute approximate surface area is 147 Å². The predicted octanol–water partition coefficient (Wildman–Crippen LogP) is 1.94. The Morgan fingerprint density at radius 3 is 2.08 bits per heavy atom. The molecule has 0 bridgehead atoms. The van der Waals surface area contributed by atoms with Gasteiger partial charge in [0.25, 0.3) is 0 Å². The number of benzene rings is 1. The quantitative estimate of drug-likeness (QED) is 0.776. The van der Waals surface area contributed by atoms with Crippen LogP contribution in [0.4, 0.5) is 0 Å². The van der Waals surface area contributed by atoms with Crippen molar-refractivity contribution >= 4 is 10.0 Å². The first-order valence-electron chi connectivity index (χ1n) is 8.88. The second kappa shape index (κ2) is 8.94. The minimum Gasteiger partial charge on any atom is -0.301 e. The van der Waals surface area contributed by atoms with Crippen molar-refractivity contribution < 1.29 is 8.42 Å². The number of piperazine rings is 1. The van der Waals surface area contributed by atoms with Crippen LogP contribution in [0.2, 0.25) is 0 Å². The normalized spacial score (nSPS) is 17.5. The lowest BCUT2D eigenvalue weighted by Crippen LogP contribution is -2.48. The molecule has 1 fully saturated rings. The molecule has 6 heteroatoms. The molecule has 0 radical (unpaired) electrons. The van der Waals surface area contributed by atoms with Crippen molar-refractivity contribution in [3.8, 4) is 0 Å². The summed E-state index contributed by atoms with van der Waals surface area (Å²) in [6.07, 6.45) is 1.25. The van der Waals surface area contributed by atoms with E-state index >= 15 is 0 Å². The van der Waals surface area contributed by atoms with Gasteiger partial charge in [0.05, 0.1) is 4.90 Å². The summed E-state index contributed by atoms with van der Waals surface area (Å²) in [7, 11) is -3.39. The molecule has 1 saturated heterocycles. The summed E-state index contributed by atoms with van der Waals surface area (Å²) in [6, 6.07) is 6.96. The Balaban J connectivity index is 1.70. The van der Waals surface area contributed by atoms with Crippen molar-refractivity contribution in [1.82, 2.24) is 14.5 Å². The number of hydrogen-bond donors (Lipinski definition) is 1. The van der Waals surface area contributed by atoms with Gasteiger partial charge in [-0.2, -0.15) is 0 Å². The average Bonchev–Trinajstić information content (AvgIpc) is 2.54. The number of nitrogens with one attached hydrogen (secondary N) is 1. The number of nitrogens with zero attached hydrogens (tertiary/aromatic N) is 2. The van der Waals surface area contributed by atoms with E-state index in [2.05, 4.69) is 28.4 Å². The van der Waals surface area contributed by atoms with Crippen molar-refractivity contribution in [2.24, 2.45) is 5.92 Å². The van der Waals surface area contributed by atoms with Gasteiger partial charge in [-0.3, -0.25) is 4.90 Å². The van der Waals surface area contributed by atoms with Gasteiger partial charge in [0.1, 0.15) is 0 Å². The zero-order chi connectivity index (χ0) is 17.6. The first-order chi connectivity index (χ1) is 11.4. The lowest BCUT2D eigenvalue weighted by molar-refractivity contribution is 0.130. The monoisotopic (exact) mass is 353 g/mol. The molecule has 5 nitrogen and oxygen atoms in total. The summed E-state index contributed by atoms with van der Waals surface area (Å²) < 4.78 is 27.2. The van der Waals surface area contributed by atoms with Gasteiger partial charge in [0.15, 0.2) is 0 Å². The third kappa shape index (κ3) is 6.16. The number of sulfonamides is 1. The zero-order valence-corrected chi connectivity index (χ0v) is 16.0. The Hall–Kier alpha value is -0.950. The van der Waals surface area contributed by atoms with Crippen molar-refractivity contribution in [3.05, 3.63) is 29.8 Å². The second-order valence-corrected chi connectivity index (χ2v) is 8.84. The van der Waals surface area contributed by atoms with E-state index < -0.39 is 10.0 Å². The van der Waals surface area contributed by atoms with Crippen LogP contribution in [0.25, 0.3) is 0 Å². The molecule has 0 spiro atoms. The van der Waals surface area contributed by atoms with E-state index in [0.29, 0.717) is 11.4 Å². The average molecular weight is 354 g/mol. The smallest absolute Gasteiger partial charge is 0.240 e. The van der Waals surface area contributed by atoms with Crippen LogP contribution in [-0.2, 0) is 10.0 Å². The molecule has 0 unspecified atom stereocenters. The van der Waals surface area contributed by atoms with E-state index in [1.165, 1.54) is 13.0 Å².